The van der Waals surface area contributed by atoms with Crippen LogP contribution in [0.1, 0.15) is 24.2 Å². The average molecular weight is 257 g/mol. The third-order valence-corrected chi connectivity index (χ3v) is 3.63. The van der Waals surface area contributed by atoms with E-state index in [-0.39, 0.29) is 5.82 Å². The Labute approximate surface area is 112 Å². The van der Waals surface area contributed by atoms with Crippen LogP contribution in [0.3, 0.4) is 0 Å². The van der Waals surface area contributed by atoms with Crippen molar-refractivity contribution in [2.45, 2.75) is 19.4 Å². The third-order valence-electron chi connectivity index (χ3n) is 3.63. The molecule has 0 spiro atoms. The minimum atomic E-state index is -0.461. The average Bonchev–Trinajstić information content (AvgIpc) is 2.81. The number of hydrogen-bond acceptors (Lipinski definition) is 2. The van der Waals surface area contributed by atoms with Gasteiger partial charge in [0.05, 0.1) is 6.10 Å². The normalized spacial score (nSPS) is 15.4. The molecule has 0 saturated heterocycles. The maximum atomic E-state index is 13.4. The van der Waals surface area contributed by atoms with Gasteiger partial charge in [0.2, 0.25) is 0 Å². The maximum absolute atomic E-state index is 13.4. The first-order valence-electron chi connectivity index (χ1n) is 6.49. The summed E-state index contributed by atoms with van der Waals surface area (Å²) in [6.45, 7) is 2.61. The Kier molecular flexibility index (Phi) is 2.99. The number of rotatable bonds is 2. The Hall–Kier alpha value is -1.87. The molecule has 0 amide bonds. The van der Waals surface area contributed by atoms with Crippen LogP contribution in [0.5, 0.6) is 0 Å². The van der Waals surface area contributed by atoms with E-state index >= 15 is 0 Å². The number of halogens is 1. The van der Waals surface area contributed by atoms with E-state index in [0.29, 0.717) is 0 Å². The fourth-order valence-electron chi connectivity index (χ4n) is 2.55. The predicted octanol–water partition coefficient (Wildman–Crippen LogP) is 3.57. The van der Waals surface area contributed by atoms with Crippen LogP contribution in [-0.2, 0) is 6.42 Å². The fourth-order valence-corrected chi connectivity index (χ4v) is 2.55. The van der Waals surface area contributed by atoms with Crippen molar-refractivity contribution < 1.29 is 9.50 Å². The summed E-state index contributed by atoms with van der Waals surface area (Å²) in [6, 6.07) is 12.7. The van der Waals surface area contributed by atoms with Crippen LogP contribution in [0.25, 0.3) is 0 Å². The van der Waals surface area contributed by atoms with Crippen molar-refractivity contribution in [1.29, 1.82) is 0 Å². The molecule has 0 radical (unpaired) electrons. The number of benzene rings is 2. The molecule has 98 valence electrons. The van der Waals surface area contributed by atoms with E-state index in [1.165, 1.54) is 11.6 Å². The topological polar surface area (TPSA) is 23.5 Å². The van der Waals surface area contributed by atoms with Gasteiger partial charge in [0, 0.05) is 17.9 Å². The summed E-state index contributed by atoms with van der Waals surface area (Å²) in [5.41, 5.74) is 4.06. The van der Waals surface area contributed by atoms with Gasteiger partial charge in [-0.2, -0.15) is 0 Å². The minimum absolute atomic E-state index is 0.203. The Morgan fingerprint density at radius 3 is 2.58 bits per heavy atom. The Morgan fingerprint density at radius 2 is 1.89 bits per heavy atom. The van der Waals surface area contributed by atoms with E-state index in [1.54, 1.807) is 13.0 Å². The second kappa shape index (κ2) is 4.67. The van der Waals surface area contributed by atoms with E-state index in [1.807, 2.05) is 30.3 Å². The van der Waals surface area contributed by atoms with Crippen molar-refractivity contribution >= 4 is 11.4 Å². The number of hydrogen-bond donors (Lipinski definition) is 1. The molecular formula is C16H16FNO. The second-order valence-corrected chi connectivity index (χ2v) is 4.94. The molecule has 3 heteroatoms. The highest BCUT2D eigenvalue weighted by atomic mass is 19.1. The first kappa shape index (κ1) is 12.2. The van der Waals surface area contributed by atoms with Crippen molar-refractivity contribution in [3.8, 4) is 0 Å². The van der Waals surface area contributed by atoms with E-state index in [0.717, 1.165) is 29.9 Å². The fraction of sp³-hybridized carbons (Fsp3) is 0.250. The van der Waals surface area contributed by atoms with Crippen molar-refractivity contribution in [2.75, 3.05) is 11.4 Å². The lowest BCUT2D eigenvalue weighted by atomic mass is 10.1. The van der Waals surface area contributed by atoms with E-state index in [4.69, 9.17) is 0 Å². The number of aliphatic hydroxyl groups excluding tert-OH is 1. The number of nitrogens with zero attached hydrogens (tertiary/aromatic N) is 1. The minimum Gasteiger partial charge on any atom is -0.389 e. The molecule has 0 aromatic heterocycles. The monoisotopic (exact) mass is 257 g/mol. The molecule has 1 aliphatic rings. The molecule has 0 aliphatic carbocycles. The molecule has 1 atom stereocenters. The van der Waals surface area contributed by atoms with Crippen molar-refractivity contribution in [2.24, 2.45) is 0 Å². The molecule has 2 nitrogen and oxygen atoms in total. The number of aliphatic hydroxyl groups is 1. The zero-order valence-corrected chi connectivity index (χ0v) is 10.8. The molecule has 2 aromatic carbocycles. The van der Waals surface area contributed by atoms with E-state index in [2.05, 4.69) is 4.90 Å². The van der Waals surface area contributed by atoms with Crippen LogP contribution in [0.15, 0.2) is 42.5 Å². The highest BCUT2D eigenvalue weighted by molar-refractivity contribution is 5.69. The van der Waals surface area contributed by atoms with Crippen molar-refractivity contribution in [3.05, 3.63) is 59.4 Å². The summed E-state index contributed by atoms with van der Waals surface area (Å²) >= 11 is 0. The molecular weight excluding hydrogens is 241 g/mol. The van der Waals surface area contributed by atoms with Crippen LogP contribution < -0.4 is 4.90 Å². The summed E-state index contributed by atoms with van der Waals surface area (Å²) < 4.78 is 13.4. The molecule has 1 heterocycles. The van der Waals surface area contributed by atoms with Crippen LogP contribution >= 0.6 is 0 Å². The molecule has 1 N–H and O–H groups in total. The standard InChI is InChI=1S/C16H16FNO/c1-11(19)12-3-6-15(7-4-12)18-9-8-13-2-5-14(17)10-16(13)18/h2-7,10-11,19H,8-9H2,1H3/t11-/m0/s1. The Bertz CT molecular complexity index is 592. The first-order chi connectivity index (χ1) is 9.15. The van der Waals surface area contributed by atoms with Crippen LogP contribution in [0, 0.1) is 5.82 Å². The van der Waals surface area contributed by atoms with E-state index in [9.17, 15) is 9.50 Å². The highest BCUT2D eigenvalue weighted by Gasteiger charge is 2.20. The van der Waals surface area contributed by atoms with Crippen molar-refractivity contribution in [3.63, 3.8) is 0 Å². The largest absolute Gasteiger partial charge is 0.389 e. The SMILES string of the molecule is C[C@H](O)c1ccc(N2CCc3ccc(F)cc32)cc1. The van der Waals surface area contributed by atoms with Gasteiger partial charge in [-0.25, -0.2) is 4.39 Å². The lowest BCUT2D eigenvalue weighted by Gasteiger charge is -2.20. The van der Waals surface area contributed by atoms with Crippen LogP contribution in [0.2, 0.25) is 0 Å². The second-order valence-electron chi connectivity index (χ2n) is 4.94. The summed E-state index contributed by atoms with van der Waals surface area (Å²) in [5.74, 6) is -0.203. The van der Waals surface area contributed by atoms with E-state index < -0.39 is 6.10 Å². The third kappa shape index (κ3) is 2.22. The Morgan fingerprint density at radius 1 is 1.16 bits per heavy atom. The van der Waals surface area contributed by atoms with Gasteiger partial charge in [0.25, 0.3) is 0 Å². The summed E-state index contributed by atoms with van der Waals surface area (Å²) in [5, 5.41) is 9.51. The lowest BCUT2D eigenvalue weighted by molar-refractivity contribution is 0.199. The molecule has 0 fully saturated rings. The molecule has 1 aliphatic heterocycles. The molecule has 19 heavy (non-hydrogen) atoms. The van der Waals surface area contributed by atoms with Gasteiger partial charge in [-0.1, -0.05) is 18.2 Å². The predicted molar refractivity (Wildman–Crippen MR) is 74.2 cm³/mol. The zero-order chi connectivity index (χ0) is 13.4. The number of fused-ring (bicyclic) bond motifs is 1. The number of anilines is 2. The summed E-state index contributed by atoms with van der Waals surface area (Å²) in [4.78, 5) is 2.12. The molecule has 0 unspecified atom stereocenters. The summed E-state index contributed by atoms with van der Waals surface area (Å²) in [7, 11) is 0. The molecule has 2 aromatic rings. The van der Waals surface area contributed by atoms with Gasteiger partial charge in [-0.3, -0.25) is 0 Å². The van der Waals surface area contributed by atoms with Gasteiger partial charge in [0.15, 0.2) is 0 Å². The van der Waals surface area contributed by atoms with Gasteiger partial charge in [-0.15, -0.1) is 0 Å². The van der Waals surface area contributed by atoms with Gasteiger partial charge < -0.3 is 10.0 Å². The van der Waals surface area contributed by atoms with Crippen LogP contribution in [-0.4, -0.2) is 11.7 Å². The van der Waals surface area contributed by atoms with Crippen LogP contribution in [0.4, 0.5) is 15.8 Å². The quantitative estimate of drug-likeness (QED) is 0.889. The smallest absolute Gasteiger partial charge is 0.125 e. The highest BCUT2D eigenvalue weighted by Crippen LogP contribution is 2.35. The van der Waals surface area contributed by atoms with Gasteiger partial charge in [0.1, 0.15) is 5.82 Å². The van der Waals surface area contributed by atoms with Gasteiger partial charge >= 0.3 is 0 Å². The first-order valence-corrected chi connectivity index (χ1v) is 6.49. The maximum Gasteiger partial charge on any atom is 0.125 e. The zero-order valence-electron chi connectivity index (χ0n) is 10.8. The summed E-state index contributed by atoms with van der Waals surface area (Å²) in [6.07, 6.45) is 0.477. The Balaban J connectivity index is 1.95. The molecule has 0 saturated carbocycles. The van der Waals surface area contributed by atoms with Gasteiger partial charge in [-0.05, 0) is 48.7 Å². The van der Waals surface area contributed by atoms with Crippen molar-refractivity contribution in [1.82, 2.24) is 0 Å². The lowest BCUT2D eigenvalue weighted by Crippen LogP contribution is -2.13. The molecule has 0 bridgehead atoms. The molecule has 3 rings (SSSR count).